The largest absolute Gasteiger partial charge is 0.387 e. The Bertz CT molecular complexity index is 935. The highest BCUT2D eigenvalue weighted by molar-refractivity contribution is 7.89. The number of amides is 1. The van der Waals surface area contributed by atoms with Crippen molar-refractivity contribution in [1.29, 1.82) is 0 Å². The van der Waals surface area contributed by atoms with Crippen molar-refractivity contribution in [3.63, 3.8) is 0 Å². The molecule has 1 saturated heterocycles. The molecule has 3 fully saturated rings. The Labute approximate surface area is 179 Å². The summed E-state index contributed by atoms with van der Waals surface area (Å²) in [6.45, 7) is 8.15. The first-order valence-corrected chi connectivity index (χ1v) is 12.2. The number of anilines is 1. The van der Waals surface area contributed by atoms with Crippen LogP contribution in [-0.4, -0.2) is 58.0 Å². The highest BCUT2D eigenvalue weighted by Gasteiger charge is 2.59. The van der Waals surface area contributed by atoms with E-state index in [1.165, 1.54) is 16.8 Å². The first kappa shape index (κ1) is 21.6. The molecular formula is C22H33N3O4S. The zero-order valence-corrected chi connectivity index (χ0v) is 19.1. The molecule has 7 nitrogen and oxygen atoms in total. The van der Waals surface area contributed by atoms with Crippen molar-refractivity contribution in [3.05, 3.63) is 23.8 Å². The number of fused-ring (bicyclic) bond motifs is 2. The number of nitrogens with zero attached hydrogens (tertiary/aromatic N) is 1. The summed E-state index contributed by atoms with van der Waals surface area (Å²) in [6, 6.07) is 4.96. The molecule has 1 heterocycles. The van der Waals surface area contributed by atoms with Gasteiger partial charge in [0.1, 0.15) is 4.90 Å². The Morgan fingerprint density at radius 2 is 1.90 bits per heavy atom. The van der Waals surface area contributed by atoms with Crippen molar-refractivity contribution < 1.29 is 17.9 Å². The number of morpholine rings is 1. The summed E-state index contributed by atoms with van der Waals surface area (Å²) in [6.07, 6.45) is 3.48. The molecule has 2 aliphatic carbocycles. The monoisotopic (exact) mass is 435 g/mol. The Morgan fingerprint density at radius 3 is 2.50 bits per heavy atom. The van der Waals surface area contributed by atoms with Crippen LogP contribution in [0.25, 0.3) is 0 Å². The lowest BCUT2D eigenvalue weighted by molar-refractivity contribution is 0.0729. The van der Waals surface area contributed by atoms with Gasteiger partial charge < -0.3 is 15.4 Å². The van der Waals surface area contributed by atoms with Crippen LogP contribution in [0.4, 0.5) is 5.69 Å². The molecule has 4 rings (SSSR count). The molecule has 1 aromatic rings. The molecule has 1 aromatic carbocycles. The molecule has 0 radical (unpaired) electrons. The Hall–Kier alpha value is -1.64. The number of rotatable bonds is 5. The van der Waals surface area contributed by atoms with Gasteiger partial charge in [-0.15, -0.1) is 0 Å². The maximum absolute atomic E-state index is 13.2. The molecule has 30 heavy (non-hydrogen) atoms. The summed E-state index contributed by atoms with van der Waals surface area (Å²) < 4.78 is 33.2. The van der Waals surface area contributed by atoms with Crippen LogP contribution in [0.1, 0.15) is 50.4 Å². The Balaban J connectivity index is 1.62. The van der Waals surface area contributed by atoms with Gasteiger partial charge in [0.2, 0.25) is 10.0 Å². The maximum Gasteiger partial charge on any atom is 0.251 e. The van der Waals surface area contributed by atoms with E-state index in [-0.39, 0.29) is 27.7 Å². The molecule has 8 heteroatoms. The number of benzene rings is 1. The van der Waals surface area contributed by atoms with Gasteiger partial charge in [0.15, 0.2) is 0 Å². The molecule has 2 bridgehead atoms. The summed E-state index contributed by atoms with van der Waals surface area (Å²) in [4.78, 5) is 13.3. The molecule has 166 valence electrons. The van der Waals surface area contributed by atoms with Gasteiger partial charge in [0.05, 0.1) is 18.9 Å². The van der Waals surface area contributed by atoms with Crippen LogP contribution in [0.2, 0.25) is 0 Å². The van der Waals surface area contributed by atoms with Gasteiger partial charge in [-0.25, -0.2) is 8.42 Å². The SMILES string of the molecule is CNc1ccc(C(=O)NC2C3(C)CC[C@H](C3)C2(C)C)cc1S(=O)(=O)N1CCOCC1. The Morgan fingerprint density at radius 1 is 1.20 bits per heavy atom. The quantitative estimate of drug-likeness (QED) is 0.743. The second kappa shape index (κ2) is 7.50. The van der Waals surface area contributed by atoms with E-state index in [9.17, 15) is 13.2 Å². The van der Waals surface area contributed by atoms with Crippen LogP contribution >= 0.6 is 0 Å². The number of sulfonamides is 1. The van der Waals surface area contributed by atoms with E-state index in [1.54, 1.807) is 19.2 Å². The first-order valence-electron chi connectivity index (χ1n) is 10.8. The second-order valence-corrected chi connectivity index (χ2v) is 11.7. The Kier molecular flexibility index (Phi) is 5.39. The molecule has 3 aliphatic rings. The fourth-order valence-corrected chi connectivity index (χ4v) is 7.52. The molecule has 0 spiro atoms. The summed E-state index contributed by atoms with van der Waals surface area (Å²) in [7, 11) is -2.03. The van der Waals surface area contributed by atoms with Crippen LogP contribution in [0.15, 0.2) is 23.1 Å². The van der Waals surface area contributed by atoms with E-state index in [4.69, 9.17) is 4.74 Å². The number of ether oxygens (including phenoxy) is 1. The number of carbonyl (C=O) groups excluding carboxylic acids is 1. The van der Waals surface area contributed by atoms with Crippen LogP contribution < -0.4 is 10.6 Å². The van der Waals surface area contributed by atoms with Gasteiger partial charge in [0.25, 0.3) is 5.91 Å². The van der Waals surface area contributed by atoms with Crippen molar-refractivity contribution in [2.24, 2.45) is 16.7 Å². The molecule has 2 N–H and O–H groups in total. The molecule has 3 atom stereocenters. The van der Waals surface area contributed by atoms with E-state index >= 15 is 0 Å². The average molecular weight is 436 g/mol. The maximum atomic E-state index is 13.2. The van der Waals surface area contributed by atoms with Crippen molar-refractivity contribution in [1.82, 2.24) is 9.62 Å². The molecule has 0 aromatic heterocycles. The number of nitrogens with one attached hydrogen (secondary N) is 2. The van der Waals surface area contributed by atoms with Gasteiger partial charge in [-0.2, -0.15) is 4.31 Å². The lowest BCUT2D eigenvalue weighted by Crippen LogP contribution is -2.52. The van der Waals surface area contributed by atoms with Crippen molar-refractivity contribution in [2.45, 2.75) is 51.0 Å². The number of carbonyl (C=O) groups is 1. The van der Waals surface area contributed by atoms with Gasteiger partial charge in [-0.3, -0.25) is 4.79 Å². The zero-order valence-electron chi connectivity index (χ0n) is 18.3. The summed E-state index contributed by atoms with van der Waals surface area (Å²) in [5.41, 5.74) is 1.02. The van der Waals surface area contributed by atoms with Crippen LogP contribution in [0.3, 0.4) is 0 Å². The van der Waals surface area contributed by atoms with Gasteiger partial charge in [-0.05, 0) is 54.2 Å². The van der Waals surface area contributed by atoms with Gasteiger partial charge >= 0.3 is 0 Å². The summed E-state index contributed by atoms with van der Waals surface area (Å²) in [5.74, 6) is 0.416. The lowest BCUT2D eigenvalue weighted by Gasteiger charge is -2.43. The standard InChI is InChI=1S/C22H33N3O4S/c1-21(2)16-7-8-22(3,14-16)20(21)24-19(26)15-5-6-17(23-4)18(13-15)30(27,28)25-9-11-29-12-10-25/h5-6,13,16,20,23H,7-12,14H2,1-4H3,(H,24,26)/t16-,20?,22?/m1/s1. The van der Waals surface area contributed by atoms with E-state index < -0.39 is 10.0 Å². The fraction of sp³-hybridized carbons (Fsp3) is 0.682. The average Bonchev–Trinajstić information content (AvgIpc) is 3.22. The van der Waals surface area contributed by atoms with E-state index in [1.807, 2.05) is 0 Å². The van der Waals surface area contributed by atoms with Crippen LogP contribution in [-0.2, 0) is 14.8 Å². The summed E-state index contributed by atoms with van der Waals surface area (Å²) in [5, 5.41) is 6.22. The highest BCUT2D eigenvalue weighted by Crippen LogP contribution is 2.62. The fourth-order valence-electron chi connectivity index (χ4n) is 5.89. The smallest absolute Gasteiger partial charge is 0.251 e. The molecular weight excluding hydrogens is 402 g/mol. The van der Waals surface area contributed by atoms with Crippen molar-refractivity contribution in [2.75, 3.05) is 38.7 Å². The third kappa shape index (κ3) is 3.42. The molecule has 2 saturated carbocycles. The normalized spacial score (nSPS) is 30.9. The van der Waals surface area contributed by atoms with Crippen molar-refractivity contribution in [3.8, 4) is 0 Å². The van der Waals surface area contributed by atoms with E-state index in [0.717, 1.165) is 12.8 Å². The minimum atomic E-state index is -3.72. The van der Waals surface area contributed by atoms with Gasteiger partial charge in [0, 0.05) is 31.7 Å². The minimum Gasteiger partial charge on any atom is -0.387 e. The van der Waals surface area contributed by atoms with E-state index in [0.29, 0.717) is 43.5 Å². The molecule has 1 aliphatic heterocycles. The highest BCUT2D eigenvalue weighted by atomic mass is 32.2. The van der Waals surface area contributed by atoms with E-state index in [2.05, 4.69) is 31.4 Å². The van der Waals surface area contributed by atoms with Crippen molar-refractivity contribution >= 4 is 21.6 Å². The van der Waals surface area contributed by atoms with Crippen LogP contribution in [0, 0.1) is 16.7 Å². The predicted molar refractivity (Wildman–Crippen MR) is 116 cm³/mol. The number of hydrogen-bond donors (Lipinski definition) is 2. The summed E-state index contributed by atoms with van der Waals surface area (Å²) >= 11 is 0. The van der Waals surface area contributed by atoms with Gasteiger partial charge in [-0.1, -0.05) is 20.8 Å². The molecule has 2 unspecified atom stereocenters. The number of hydrogen-bond acceptors (Lipinski definition) is 5. The lowest BCUT2D eigenvalue weighted by atomic mass is 9.68. The second-order valence-electron chi connectivity index (χ2n) is 9.80. The van der Waals surface area contributed by atoms with Crippen LogP contribution in [0.5, 0.6) is 0 Å². The third-order valence-corrected chi connectivity index (χ3v) is 9.58. The zero-order chi connectivity index (χ0) is 21.7. The first-order chi connectivity index (χ1) is 14.1. The minimum absolute atomic E-state index is 0.0380. The third-order valence-electron chi connectivity index (χ3n) is 7.65. The topological polar surface area (TPSA) is 87.7 Å². The molecule has 1 amide bonds. The predicted octanol–water partition coefficient (Wildman–Crippen LogP) is 2.69.